The van der Waals surface area contributed by atoms with Crippen LogP contribution in [0.1, 0.15) is 31.1 Å². The second-order valence-corrected chi connectivity index (χ2v) is 5.49. The number of aliphatic imine (C=N–C) groups is 1. The molecule has 0 fully saturated rings. The van der Waals surface area contributed by atoms with Crippen LogP contribution >= 0.6 is 24.0 Å². The predicted octanol–water partition coefficient (Wildman–Crippen LogP) is 2.69. The average molecular weight is 467 g/mol. The van der Waals surface area contributed by atoms with Crippen LogP contribution in [0.5, 0.6) is 0 Å². The SMILES string of the molecule is CCNC(=NCc1ccon1)NC(C)c1cccc(-n2cncn2)c1.I. The van der Waals surface area contributed by atoms with Gasteiger partial charge in [-0.3, -0.25) is 0 Å². The van der Waals surface area contributed by atoms with Crippen LogP contribution < -0.4 is 10.6 Å². The van der Waals surface area contributed by atoms with Gasteiger partial charge in [0.15, 0.2) is 5.96 Å². The monoisotopic (exact) mass is 467 g/mol. The fraction of sp³-hybridized carbons (Fsp3) is 0.294. The number of guanidine groups is 1. The van der Waals surface area contributed by atoms with E-state index in [1.807, 2.05) is 19.1 Å². The quantitative estimate of drug-likeness (QED) is 0.329. The van der Waals surface area contributed by atoms with E-state index in [9.17, 15) is 0 Å². The third kappa shape index (κ3) is 5.28. The zero-order valence-corrected chi connectivity index (χ0v) is 17.0. The van der Waals surface area contributed by atoms with Crippen LogP contribution in [0.2, 0.25) is 0 Å². The smallest absolute Gasteiger partial charge is 0.192 e. The molecule has 1 atom stereocenters. The largest absolute Gasteiger partial charge is 0.364 e. The van der Waals surface area contributed by atoms with Crippen molar-refractivity contribution in [1.29, 1.82) is 0 Å². The van der Waals surface area contributed by atoms with E-state index < -0.39 is 0 Å². The molecule has 0 aliphatic rings. The number of aromatic nitrogens is 4. The highest BCUT2D eigenvalue weighted by Crippen LogP contribution is 2.16. The van der Waals surface area contributed by atoms with Gasteiger partial charge in [0.05, 0.1) is 18.3 Å². The van der Waals surface area contributed by atoms with Crippen molar-refractivity contribution in [2.24, 2.45) is 4.99 Å². The Hall–Kier alpha value is -2.43. The van der Waals surface area contributed by atoms with Crippen LogP contribution in [0.15, 0.2) is 58.8 Å². The van der Waals surface area contributed by atoms with E-state index in [0.29, 0.717) is 6.54 Å². The Balaban J connectivity index is 0.00000243. The van der Waals surface area contributed by atoms with Crippen molar-refractivity contribution in [2.45, 2.75) is 26.4 Å². The van der Waals surface area contributed by atoms with Gasteiger partial charge in [-0.25, -0.2) is 14.7 Å². The summed E-state index contributed by atoms with van der Waals surface area (Å²) in [6.07, 6.45) is 4.75. The van der Waals surface area contributed by atoms with Gasteiger partial charge in [-0.05, 0) is 31.5 Å². The van der Waals surface area contributed by atoms with Crippen molar-refractivity contribution in [1.82, 2.24) is 30.6 Å². The molecule has 1 unspecified atom stereocenters. The molecule has 1 aromatic carbocycles. The molecule has 0 bridgehead atoms. The lowest BCUT2D eigenvalue weighted by Gasteiger charge is -2.18. The first-order chi connectivity index (χ1) is 12.3. The molecule has 0 saturated carbocycles. The van der Waals surface area contributed by atoms with Crippen LogP contribution in [-0.4, -0.2) is 32.4 Å². The van der Waals surface area contributed by atoms with Crippen molar-refractivity contribution < 1.29 is 4.52 Å². The molecule has 0 spiro atoms. The van der Waals surface area contributed by atoms with E-state index in [2.05, 4.69) is 49.9 Å². The number of hydrogen-bond acceptors (Lipinski definition) is 5. The van der Waals surface area contributed by atoms with Gasteiger partial charge in [-0.15, -0.1) is 24.0 Å². The Morgan fingerprint density at radius 1 is 1.35 bits per heavy atom. The Morgan fingerprint density at radius 2 is 2.23 bits per heavy atom. The molecule has 2 heterocycles. The van der Waals surface area contributed by atoms with Gasteiger partial charge in [-0.1, -0.05) is 17.3 Å². The summed E-state index contributed by atoms with van der Waals surface area (Å²) in [4.78, 5) is 8.53. The molecule has 26 heavy (non-hydrogen) atoms. The number of nitrogens with zero attached hydrogens (tertiary/aromatic N) is 5. The zero-order chi connectivity index (χ0) is 17.5. The molecule has 3 aromatic rings. The number of nitrogens with one attached hydrogen (secondary N) is 2. The van der Waals surface area contributed by atoms with E-state index in [-0.39, 0.29) is 30.0 Å². The Morgan fingerprint density at radius 3 is 2.92 bits per heavy atom. The fourth-order valence-electron chi connectivity index (χ4n) is 2.37. The summed E-state index contributed by atoms with van der Waals surface area (Å²) in [6.45, 7) is 5.35. The van der Waals surface area contributed by atoms with Crippen LogP contribution in [-0.2, 0) is 6.54 Å². The molecular formula is C17H22IN7O. The second-order valence-electron chi connectivity index (χ2n) is 5.49. The van der Waals surface area contributed by atoms with Crippen LogP contribution in [0.4, 0.5) is 0 Å². The molecule has 138 valence electrons. The lowest BCUT2D eigenvalue weighted by atomic mass is 10.1. The number of halogens is 1. The van der Waals surface area contributed by atoms with E-state index in [1.54, 1.807) is 23.3 Å². The maximum Gasteiger partial charge on any atom is 0.192 e. The van der Waals surface area contributed by atoms with Crippen molar-refractivity contribution in [3.63, 3.8) is 0 Å². The molecule has 3 rings (SSSR count). The summed E-state index contributed by atoms with van der Waals surface area (Å²) in [5.74, 6) is 0.726. The van der Waals surface area contributed by atoms with Gasteiger partial charge < -0.3 is 15.2 Å². The minimum absolute atomic E-state index is 0. The molecule has 8 nitrogen and oxygen atoms in total. The molecule has 0 aliphatic carbocycles. The summed E-state index contributed by atoms with van der Waals surface area (Å²) >= 11 is 0. The predicted molar refractivity (Wildman–Crippen MR) is 110 cm³/mol. The highest BCUT2D eigenvalue weighted by Gasteiger charge is 2.09. The Labute approximate surface area is 169 Å². The van der Waals surface area contributed by atoms with Gasteiger partial charge in [0.25, 0.3) is 0 Å². The standard InChI is InChI=1S/C17H21N7O.HI/c1-3-19-17(20-10-15-7-8-25-23-15)22-13(2)14-5-4-6-16(9-14)24-12-18-11-21-24;/h4-9,11-13H,3,10H2,1-2H3,(H2,19,20,22);1H. The minimum atomic E-state index is 0. The van der Waals surface area contributed by atoms with E-state index in [0.717, 1.165) is 29.4 Å². The van der Waals surface area contributed by atoms with Gasteiger partial charge in [0.1, 0.15) is 24.6 Å². The van der Waals surface area contributed by atoms with Crippen LogP contribution in [0.25, 0.3) is 5.69 Å². The molecule has 0 saturated heterocycles. The number of rotatable bonds is 6. The Kier molecular flexibility index (Phi) is 7.57. The zero-order valence-electron chi connectivity index (χ0n) is 14.7. The topological polar surface area (TPSA) is 93.2 Å². The lowest BCUT2D eigenvalue weighted by molar-refractivity contribution is 0.412. The summed E-state index contributed by atoms with van der Waals surface area (Å²) in [5, 5.41) is 14.7. The highest BCUT2D eigenvalue weighted by molar-refractivity contribution is 14.0. The van der Waals surface area contributed by atoms with E-state index in [4.69, 9.17) is 4.52 Å². The summed E-state index contributed by atoms with van der Waals surface area (Å²) in [5.41, 5.74) is 2.88. The average Bonchev–Trinajstić information content (AvgIpc) is 3.33. The van der Waals surface area contributed by atoms with Gasteiger partial charge in [-0.2, -0.15) is 5.10 Å². The molecule has 2 N–H and O–H groups in total. The highest BCUT2D eigenvalue weighted by atomic mass is 127. The van der Waals surface area contributed by atoms with Gasteiger partial charge >= 0.3 is 0 Å². The van der Waals surface area contributed by atoms with Gasteiger partial charge in [0, 0.05) is 12.6 Å². The molecule has 2 aromatic heterocycles. The second kappa shape index (κ2) is 9.90. The maximum absolute atomic E-state index is 4.83. The third-order valence-electron chi connectivity index (χ3n) is 3.64. The van der Waals surface area contributed by atoms with Crippen LogP contribution in [0.3, 0.4) is 0 Å². The molecule has 0 radical (unpaired) electrons. The summed E-state index contributed by atoms with van der Waals surface area (Å²) in [7, 11) is 0. The fourth-order valence-corrected chi connectivity index (χ4v) is 2.37. The first kappa shape index (κ1) is 19.9. The molecular weight excluding hydrogens is 445 g/mol. The van der Waals surface area contributed by atoms with E-state index in [1.165, 1.54) is 6.33 Å². The number of benzene rings is 1. The Bertz CT molecular complexity index is 802. The maximum atomic E-state index is 4.83. The van der Waals surface area contributed by atoms with E-state index >= 15 is 0 Å². The van der Waals surface area contributed by atoms with Crippen molar-refractivity contribution in [3.05, 3.63) is 60.5 Å². The van der Waals surface area contributed by atoms with Crippen molar-refractivity contribution in [3.8, 4) is 5.69 Å². The normalized spacial score (nSPS) is 12.3. The molecule has 0 aliphatic heterocycles. The van der Waals surface area contributed by atoms with Gasteiger partial charge in [0.2, 0.25) is 0 Å². The lowest BCUT2D eigenvalue weighted by Crippen LogP contribution is -2.38. The first-order valence-corrected chi connectivity index (χ1v) is 8.15. The van der Waals surface area contributed by atoms with Crippen molar-refractivity contribution in [2.75, 3.05) is 6.54 Å². The number of hydrogen-bond donors (Lipinski definition) is 2. The minimum Gasteiger partial charge on any atom is -0.364 e. The summed E-state index contributed by atoms with van der Waals surface area (Å²) in [6, 6.07) is 10.0. The van der Waals surface area contributed by atoms with Crippen molar-refractivity contribution >= 4 is 29.9 Å². The third-order valence-corrected chi connectivity index (χ3v) is 3.64. The first-order valence-electron chi connectivity index (χ1n) is 8.15. The van der Waals surface area contributed by atoms with Crippen LogP contribution in [0, 0.1) is 0 Å². The summed E-state index contributed by atoms with van der Waals surface area (Å²) < 4.78 is 6.57. The molecule has 9 heteroatoms. The molecule has 0 amide bonds.